The Kier molecular flexibility index (Phi) is 4.78. The quantitative estimate of drug-likeness (QED) is 0.372. The van der Waals surface area contributed by atoms with Crippen molar-refractivity contribution in [3.63, 3.8) is 0 Å². The summed E-state index contributed by atoms with van der Waals surface area (Å²) in [4.78, 5) is 0. The number of hydrogen-bond acceptors (Lipinski definition) is 2. The van der Waals surface area contributed by atoms with Crippen LogP contribution in [0, 0.1) is 0 Å². The Labute approximate surface area is 36.2 Å². The highest BCUT2D eigenvalue weighted by molar-refractivity contribution is 4.14. The fourth-order valence-corrected chi connectivity index (χ4v) is 0.123. The van der Waals surface area contributed by atoms with Crippen LogP contribution in [0.15, 0.2) is 0 Å². The molecule has 1 N–H and O–H groups in total. The lowest BCUT2D eigenvalue weighted by molar-refractivity contribution is -0.0256. The van der Waals surface area contributed by atoms with Gasteiger partial charge < -0.3 is 9.84 Å². The van der Waals surface area contributed by atoms with Gasteiger partial charge in [-0.2, -0.15) is 0 Å². The molecule has 0 aliphatic rings. The number of aliphatic hydroxyl groups is 1. The van der Waals surface area contributed by atoms with Crippen molar-refractivity contribution in [3.05, 3.63) is 0 Å². The molecule has 0 aromatic heterocycles. The minimum absolute atomic E-state index is 0.108. The maximum absolute atomic E-state index is 9.45. The molecule has 0 saturated carbocycles. The molecule has 0 aliphatic carbocycles. The molecule has 37 valence electrons. The van der Waals surface area contributed by atoms with E-state index >= 15 is 0 Å². The largest absolute Gasteiger partial charge is 0.371 e. The number of hydrogen-bond donors (Lipinski definition) is 1. The van der Waals surface area contributed by atoms with Gasteiger partial charge in [0.05, 0.1) is 6.61 Å². The van der Waals surface area contributed by atoms with E-state index in [2.05, 4.69) is 4.74 Å². The molecule has 0 fully saturated rings. The Morgan fingerprint density at radius 2 is 2.33 bits per heavy atom. The minimum atomic E-state index is -0.345. The molecule has 0 aromatic carbocycles. The molecule has 0 saturated heterocycles. The van der Waals surface area contributed by atoms with E-state index in [-0.39, 0.29) is 20.0 Å². The fraction of sp³-hybridized carbons (Fsp3) is 1.00. The lowest BCUT2D eigenvalue weighted by Crippen LogP contribution is -1.97. The summed E-state index contributed by atoms with van der Waals surface area (Å²) in [5.41, 5.74) is 0. The van der Waals surface area contributed by atoms with Gasteiger partial charge in [-0.1, -0.05) is 0 Å². The van der Waals surface area contributed by atoms with Crippen LogP contribution in [0.5, 0.6) is 0 Å². The van der Waals surface area contributed by atoms with E-state index in [1.165, 1.54) is 0 Å². The molecule has 0 aliphatic heterocycles. The van der Waals surface area contributed by atoms with Gasteiger partial charge in [0.15, 0.2) is 0 Å². The molecule has 0 rings (SSSR count). The third kappa shape index (κ3) is 3.88. The Bertz CT molecular complexity index is 18.0. The van der Waals surface area contributed by atoms with Crippen molar-refractivity contribution in [1.82, 2.24) is 0 Å². The number of aliphatic hydroxyl groups excluding tert-OH is 1. The van der Waals surface area contributed by atoms with Gasteiger partial charge in [-0.3, -0.25) is 0 Å². The van der Waals surface area contributed by atoms with Gasteiger partial charge in [-0.05, 0) is 0 Å². The van der Waals surface area contributed by atoms with Gasteiger partial charge in [0, 0.05) is 0 Å². The van der Waals surface area contributed by atoms with Crippen molar-refractivity contribution in [2.45, 2.75) is 0 Å². The average molecular weight is 91.1 g/mol. The van der Waals surface area contributed by atoms with Crippen LogP contribution in [0.3, 0.4) is 0 Å². The van der Waals surface area contributed by atoms with Crippen LogP contribution in [0.4, 0.5) is 0 Å². The minimum Gasteiger partial charge on any atom is -0.371 e. The van der Waals surface area contributed by atoms with Crippen LogP contribution in [-0.2, 0) is 9.84 Å². The van der Waals surface area contributed by atoms with Crippen LogP contribution in [-0.4, -0.2) is 25.1 Å². The highest BCUT2D eigenvalue weighted by Gasteiger charge is 1.76. The summed E-state index contributed by atoms with van der Waals surface area (Å²) in [7, 11) is 0. The van der Waals surface area contributed by atoms with Crippen molar-refractivity contribution < 1.29 is 14.9 Å². The number of ether oxygens (including phenoxy) is 1. The molecule has 3 nitrogen and oxygen atoms in total. The summed E-state index contributed by atoms with van der Waals surface area (Å²) in [5.74, 6) is 0. The van der Waals surface area contributed by atoms with E-state index in [4.69, 9.17) is 5.11 Å². The van der Waals surface area contributed by atoms with Crippen LogP contribution in [0.2, 0.25) is 0 Å². The molecule has 0 atom stereocenters. The summed E-state index contributed by atoms with van der Waals surface area (Å²) in [6, 6.07) is 0. The van der Waals surface area contributed by atoms with Crippen LogP contribution in [0.25, 0.3) is 0 Å². The molecule has 3 heteroatoms. The van der Waals surface area contributed by atoms with Gasteiger partial charge in [-0.15, -0.1) is 0 Å². The maximum Gasteiger partial charge on any atom is 0.143 e. The Morgan fingerprint density at radius 3 is 2.50 bits per heavy atom. The van der Waals surface area contributed by atoms with Gasteiger partial charge in [-0.25, -0.2) is 5.11 Å². The Balaban J connectivity index is 2.34. The monoisotopic (exact) mass is 91.0 g/mol. The van der Waals surface area contributed by atoms with E-state index in [1.807, 2.05) is 0 Å². The summed E-state index contributed by atoms with van der Waals surface area (Å²) in [5, 5.41) is 17.3. The first-order chi connectivity index (χ1) is 2.91. The Hall–Kier alpha value is -0.120. The van der Waals surface area contributed by atoms with Gasteiger partial charge >= 0.3 is 0 Å². The van der Waals surface area contributed by atoms with Crippen LogP contribution < -0.4 is 0 Å². The highest BCUT2D eigenvalue weighted by atomic mass is 16.6. The van der Waals surface area contributed by atoms with Crippen molar-refractivity contribution in [1.29, 1.82) is 0 Å². The van der Waals surface area contributed by atoms with Crippen molar-refractivity contribution in [3.8, 4) is 0 Å². The molecule has 0 aromatic rings. The topological polar surface area (TPSA) is 49.4 Å². The molecule has 0 heterocycles. The number of rotatable bonds is 3. The normalized spacial score (nSPS) is 9.00. The molecule has 0 unspecified atom stereocenters. The highest BCUT2D eigenvalue weighted by Crippen LogP contribution is 1.64. The summed E-state index contributed by atoms with van der Waals surface area (Å²) >= 11 is 0. The molecule has 6 heavy (non-hydrogen) atoms. The van der Waals surface area contributed by atoms with E-state index in [1.54, 1.807) is 0 Å². The molecule has 0 spiro atoms. The molecule has 0 bridgehead atoms. The zero-order chi connectivity index (χ0) is 4.83. The molecule has 1 radical (unpaired) electrons. The first-order valence-electron chi connectivity index (χ1n) is 1.68. The fourth-order valence-electron chi connectivity index (χ4n) is 0.123. The van der Waals surface area contributed by atoms with Crippen LogP contribution >= 0.6 is 0 Å². The van der Waals surface area contributed by atoms with E-state index in [0.29, 0.717) is 0 Å². The van der Waals surface area contributed by atoms with Gasteiger partial charge in [0.2, 0.25) is 0 Å². The van der Waals surface area contributed by atoms with E-state index in [9.17, 15) is 5.11 Å². The molecular formula is C3H7O3. The smallest absolute Gasteiger partial charge is 0.143 e. The second kappa shape index (κ2) is 4.88. The van der Waals surface area contributed by atoms with Crippen molar-refractivity contribution >= 4 is 0 Å². The maximum atomic E-state index is 9.45. The molecule has 0 amide bonds. The van der Waals surface area contributed by atoms with E-state index < -0.39 is 0 Å². The van der Waals surface area contributed by atoms with Gasteiger partial charge in [0.25, 0.3) is 0 Å². The van der Waals surface area contributed by atoms with Crippen molar-refractivity contribution in [2.75, 3.05) is 20.0 Å². The van der Waals surface area contributed by atoms with Crippen molar-refractivity contribution in [2.24, 2.45) is 0 Å². The van der Waals surface area contributed by atoms with E-state index in [0.717, 1.165) is 0 Å². The Morgan fingerprint density at radius 1 is 1.67 bits per heavy atom. The second-order valence-corrected chi connectivity index (χ2v) is 0.741. The predicted molar refractivity (Wildman–Crippen MR) is 18.6 cm³/mol. The third-order valence-corrected chi connectivity index (χ3v) is 0.319. The van der Waals surface area contributed by atoms with Gasteiger partial charge in [0.1, 0.15) is 13.4 Å². The lowest BCUT2D eigenvalue weighted by atomic mass is 10.8. The standard InChI is InChI=1S/C3H7O3/c4-1-2-6-3-5/h5H,1-3H2. The predicted octanol–water partition coefficient (Wildman–Crippen LogP) is -0.617. The first kappa shape index (κ1) is 5.88. The average Bonchev–Trinajstić information content (AvgIpc) is 1.61. The summed E-state index contributed by atoms with van der Waals surface area (Å²) in [6.07, 6.45) is 0. The second-order valence-electron chi connectivity index (χ2n) is 0.741. The summed E-state index contributed by atoms with van der Waals surface area (Å²) < 4.78 is 4.23. The lowest BCUT2D eigenvalue weighted by Gasteiger charge is -1.89. The third-order valence-electron chi connectivity index (χ3n) is 0.319. The summed E-state index contributed by atoms with van der Waals surface area (Å²) in [6.45, 7) is -0.515. The SMILES string of the molecule is [O]CCOCO. The zero-order valence-electron chi connectivity index (χ0n) is 3.39. The zero-order valence-corrected chi connectivity index (χ0v) is 3.39. The molecular weight excluding hydrogens is 84.0 g/mol. The van der Waals surface area contributed by atoms with Crippen LogP contribution in [0.1, 0.15) is 0 Å². The first-order valence-corrected chi connectivity index (χ1v) is 1.68.